The number of hydrogen-bond acceptors (Lipinski definition) is 7. The molecule has 13 nitrogen and oxygen atoms in total. The lowest BCUT2D eigenvalue weighted by Crippen LogP contribution is -2.58. The van der Waals surface area contributed by atoms with E-state index in [9.17, 15) is 33.9 Å². The molecule has 0 rings (SSSR count). The standard InChI is InChI=1S/C21H37N5O8/c1-5-10(3)16(23)20(32)24-12(7-8-15(28)29)18(30)25-13(9-14(22)27)19(31)26-17(21(33)34)11(4)6-2/h10-13,16-17H,5-9,23H2,1-4H3,(H2,22,27)(H,24,32)(H,25,30)(H,26,31)(H,28,29)(H,33,34). The van der Waals surface area contributed by atoms with Crippen molar-refractivity contribution in [2.75, 3.05) is 0 Å². The van der Waals surface area contributed by atoms with Crippen LogP contribution in [0.25, 0.3) is 0 Å². The first-order valence-corrected chi connectivity index (χ1v) is 11.1. The van der Waals surface area contributed by atoms with Gasteiger partial charge in [-0.15, -0.1) is 0 Å². The van der Waals surface area contributed by atoms with Crippen molar-refractivity contribution in [1.29, 1.82) is 0 Å². The van der Waals surface area contributed by atoms with Crippen LogP contribution in [0.4, 0.5) is 0 Å². The second-order valence-corrected chi connectivity index (χ2v) is 8.35. The fourth-order valence-corrected chi connectivity index (χ4v) is 2.94. The van der Waals surface area contributed by atoms with Gasteiger partial charge < -0.3 is 37.6 Å². The molecule has 0 saturated heterocycles. The Balaban J connectivity index is 5.67. The molecule has 0 aromatic rings. The molecule has 13 heteroatoms. The average Bonchev–Trinajstić information content (AvgIpc) is 2.76. The molecule has 0 aromatic carbocycles. The third-order valence-electron chi connectivity index (χ3n) is 5.65. The highest BCUT2D eigenvalue weighted by Crippen LogP contribution is 2.10. The number of carboxylic acid groups (broad SMARTS) is 2. The Kier molecular flexibility index (Phi) is 13.4. The Morgan fingerprint density at radius 3 is 1.74 bits per heavy atom. The first-order chi connectivity index (χ1) is 15.7. The van der Waals surface area contributed by atoms with E-state index in [1.807, 2.05) is 6.92 Å². The summed E-state index contributed by atoms with van der Waals surface area (Å²) >= 11 is 0. The van der Waals surface area contributed by atoms with E-state index < -0.39 is 78.5 Å². The van der Waals surface area contributed by atoms with Crippen LogP contribution in [0, 0.1) is 11.8 Å². The van der Waals surface area contributed by atoms with Crippen molar-refractivity contribution in [3.05, 3.63) is 0 Å². The van der Waals surface area contributed by atoms with E-state index in [0.29, 0.717) is 12.8 Å². The maximum absolute atomic E-state index is 12.9. The third kappa shape index (κ3) is 10.6. The molecule has 4 amide bonds. The smallest absolute Gasteiger partial charge is 0.326 e. The van der Waals surface area contributed by atoms with Gasteiger partial charge in [-0.1, -0.05) is 40.5 Å². The van der Waals surface area contributed by atoms with Crippen molar-refractivity contribution in [3.63, 3.8) is 0 Å². The largest absolute Gasteiger partial charge is 0.481 e. The van der Waals surface area contributed by atoms with E-state index in [0.717, 1.165) is 0 Å². The first-order valence-electron chi connectivity index (χ1n) is 11.1. The number of hydrogen-bond donors (Lipinski definition) is 7. The SMILES string of the molecule is CCC(C)C(N)C(=O)NC(CCC(=O)O)C(=O)NC(CC(N)=O)C(=O)NC(C(=O)O)C(C)CC. The molecule has 9 N–H and O–H groups in total. The van der Waals surface area contributed by atoms with Gasteiger partial charge in [-0.2, -0.15) is 0 Å². The lowest BCUT2D eigenvalue weighted by atomic mass is 9.98. The highest BCUT2D eigenvalue weighted by Gasteiger charge is 2.33. The van der Waals surface area contributed by atoms with Gasteiger partial charge in [0.2, 0.25) is 23.6 Å². The van der Waals surface area contributed by atoms with Gasteiger partial charge in [0.05, 0.1) is 12.5 Å². The second kappa shape index (κ2) is 14.8. The summed E-state index contributed by atoms with van der Waals surface area (Å²) in [6.07, 6.45) is -0.406. The van der Waals surface area contributed by atoms with Gasteiger partial charge in [0.25, 0.3) is 0 Å². The number of carbonyl (C=O) groups is 6. The molecule has 0 radical (unpaired) electrons. The molecular weight excluding hydrogens is 450 g/mol. The lowest BCUT2D eigenvalue weighted by Gasteiger charge is -2.26. The molecule has 0 aliphatic rings. The number of rotatable bonds is 16. The van der Waals surface area contributed by atoms with E-state index >= 15 is 0 Å². The summed E-state index contributed by atoms with van der Waals surface area (Å²) in [4.78, 5) is 72.0. The Labute approximate surface area is 198 Å². The Morgan fingerprint density at radius 1 is 0.794 bits per heavy atom. The van der Waals surface area contributed by atoms with Crippen LogP contribution in [0.5, 0.6) is 0 Å². The van der Waals surface area contributed by atoms with Crippen LogP contribution < -0.4 is 27.4 Å². The second-order valence-electron chi connectivity index (χ2n) is 8.35. The van der Waals surface area contributed by atoms with Crippen molar-refractivity contribution in [1.82, 2.24) is 16.0 Å². The molecular formula is C21H37N5O8. The van der Waals surface area contributed by atoms with Crippen LogP contribution in [0.15, 0.2) is 0 Å². The van der Waals surface area contributed by atoms with Crippen LogP contribution in [0.2, 0.25) is 0 Å². The van der Waals surface area contributed by atoms with Crippen LogP contribution >= 0.6 is 0 Å². The van der Waals surface area contributed by atoms with E-state index in [-0.39, 0.29) is 12.3 Å². The van der Waals surface area contributed by atoms with Crippen molar-refractivity contribution in [3.8, 4) is 0 Å². The topological polar surface area (TPSA) is 231 Å². The summed E-state index contributed by atoms with van der Waals surface area (Å²) in [7, 11) is 0. The van der Waals surface area contributed by atoms with Gasteiger partial charge >= 0.3 is 11.9 Å². The maximum Gasteiger partial charge on any atom is 0.326 e. The molecule has 194 valence electrons. The van der Waals surface area contributed by atoms with Crippen LogP contribution in [0.3, 0.4) is 0 Å². The van der Waals surface area contributed by atoms with Gasteiger partial charge in [-0.05, 0) is 18.3 Å². The maximum atomic E-state index is 12.9. The van der Waals surface area contributed by atoms with Crippen LogP contribution in [-0.4, -0.2) is 69.9 Å². The van der Waals surface area contributed by atoms with E-state index in [1.54, 1.807) is 20.8 Å². The molecule has 0 aliphatic heterocycles. The first kappa shape index (κ1) is 30.8. The Bertz CT molecular complexity index is 759. The monoisotopic (exact) mass is 487 g/mol. The highest BCUT2D eigenvalue weighted by molar-refractivity contribution is 5.96. The molecule has 0 aliphatic carbocycles. The summed E-state index contributed by atoms with van der Waals surface area (Å²) in [6.45, 7) is 6.90. The molecule has 6 unspecified atom stereocenters. The molecule has 6 atom stereocenters. The average molecular weight is 488 g/mol. The number of aliphatic carboxylic acids is 2. The summed E-state index contributed by atoms with van der Waals surface area (Å²) in [5.41, 5.74) is 11.1. The predicted octanol–water partition coefficient (Wildman–Crippen LogP) is -1.31. The minimum Gasteiger partial charge on any atom is -0.481 e. The number of amides is 4. The number of carboxylic acids is 2. The zero-order valence-electron chi connectivity index (χ0n) is 20.0. The third-order valence-corrected chi connectivity index (χ3v) is 5.65. The molecule has 0 aromatic heterocycles. The normalized spacial score (nSPS) is 16.1. The molecule has 0 spiro atoms. The van der Waals surface area contributed by atoms with E-state index in [2.05, 4.69) is 16.0 Å². The fraction of sp³-hybridized carbons (Fsp3) is 0.714. The van der Waals surface area contributed by atoms with Gasteiger partial charge in [-0.25, -0.2) is 4.79 Å². The zero-order chi connectivity index (χ0) is 26.6. The number of nitrogens with two attached hydrogens (primary N) is 2. The van der Waals surface area contributed by atoms with Crippen molar-refractivity contribution >= 4 is 35.6 Å². The number of carbonyl (C=O) groups excluding carboxylic acids is 4. The van der Waals surface area contributed by atoms with Gasteiger partial charge in [0.15, 0.2) is 0 Å². The van der Waals surface area contributed by atoms with Crippen LogP contribution in [-0.2, 0) is 28.8 Å². The lowest BCUT2D eigenvalue weighted by molar-refractivity contribution is -0.144. The van der Waals surface area contributed by atoms with Gasteiger partial charge in [0.1, 0.15) is 18.1 Å². The summed E-state index contributed by atoms with van der Waals surface area (Å²) in [5, 5.41) is 25.3. The summed E-state index contributed by atoms with van der Waals surface area (Å²) < 4.78 is 0. The summed E-state index contributed by atoms with van der Waals surface area (Å²) in [5.74, 6) is -6.71. The number of primary amides is 1. The van der Waals surface area contributed by atoms with Crippen molar-refractivity contribution in [2.45, 2.75) is 84.0 Å². The number of nitrogens with one attached hydrogen (secondary N) is 3. The minimum atomic E-state index is -1.54. The predicted molar refractivity (Wildman–Crippen MR) is 121 cm³/mol. The molecule has 0 saturated carbocycles. The summed E-state index contributed by atoms with van der Waals surface area (Å²) in [6, 6.07) is -5.14. The molecule has 0 heterocycles. The Morgan fingerprint density at radius 2 is 1.29 bits per heavy atom. The molecule has 34 heavy (non-hydrogen) atoms. The zero-order valence-corrected chi connectivity index (χ0v) is 20.0. The Hall–Kier alpha value is -3.22. The van der Waals surface area contributed by atoms with E-state index in [1.165, 1.54) is 0 Å². The van der Waals surface area contributed by atoms with Crippen molar-refractivity contribution in [2.24, 2.45) is 23.3 Å². The quantitative estimate of drug-likeness (QED) is 0.137. The highest BCUT2D eigenvalue weighted by atomic mass is 16.4. The minimum absolute atomic E-state index is 0.218. The van der Waals surface area contributed by atoms with E-state index in [4.69, 9.17) is 16.6 Å². The molecule has 0 fully saturated rings. The van der Waals surface area contributed by atoms with Crippen molar-refractivity contribution < 1.29 is 39.0 Å². The van der Waals surface area contributed by atoms with Gasteiger partial charge in [0, 0.05) is 6.42 Å². The molecule has 0 bridgehead atoms. The van der Waals surface area contributed by atoms with Gasteiger partial charge in [-0.3, -0.25) is 24.0 Å². The van der Waals surface area contributed by atoms with Crippen LogP contribution in [0.1, 0.15) is 59.8 Å². The fourth-order valence-electron chi connectivity index (χ4n) is 2.94.